The zero-order chi connectivity index (χ0) is 14.9. The molecule has 0 radical (unpaired) electrons. The van der Waals surface area contributed by atoms with Crippen LogP contribution in [0.15, 0.2) is 12.1 Å². The Morgan fingerprint density at radius 3 is 2.50 bits per heavy atom. The number of benzene rings is 1. The fourth-order valence-electron chi connectivity index (χ4n) is 1.97. The van der Waals surface area contributed by atoms with Crippen LogP contribution in [0.25, 0.3) is 0 Å². The first kappa shape index (κ1) is 15.1. The monoisotopic (exact) mass is 317 g/mol. The van der Waals surface area contributed by atoms with E-state index in [1.807, 2.05) is 0 Å². The number of rotatable bonds is 3. The molecule has 108 valence electrons. The van der Waals surface area contributed by atoms with Gasteiger partial charge in [0.05, 0.1) is 10.7 Å². The largest absolute Gasteiger partial charge is 0.479 e. The molecule has 0 aromatic heterocycles. The lowest BCUT2D eigenvalue weighted by Gasteiger charge is -2.13. The van der Waals surface area contributed by atoms with Gasteiger partial charge in [0.1, 0.15) is 6.10 Å². The van der Waals surface area contributed by atoms with Crippen molar-refractivity contribution in [3.8, 4) is 0 Å². The summed E-state index contributed by atoms with van der Waals surface area (Å²) < 4.78 is 5.16. The highest BCUT2D eigenvalue weighted by molar-refractivity contribution is 6.36. The predicted molar refractivity (Wildman–Crippen MR) is 75.4 cm³/mol. The molecule has 5 nitrogen and oxygen atoms in total. The Bertz CT molecular complexity index is 562. The van der Waals surface area contributed by atoms with Crippen LogP contribution in [0.2, 0.25) is 10.0 Å². The van der Waals surface area contributed by atoms with Gasteiger partial charge in [-0.15, -0.1) is 0 Å². The molecule has 1 fully saturated rings. The van der Waals surface area contributed by atoms with Crippen LogP contribution in [-0.2, 0) is 14.3 Å². The number of hydrogen-bond acceptors (Lipinski definition) is 3. The Kier molecular flexibility index (Phi) is 4.52. The Hall–Kier alpha value is -1.30. The molecule has 0 spiro atoms. The number of amides is 1. The van der Waals surface area contributed by atoms with E-state index in [1.54, 1.807) is 19.1 Å². The van der Waals surface area contributed by atoms with Crippen molar-refractivity contribution >= 4 is 40.8 Å². The molecule has 20 heavy (non-hydrogen) atoms. The highest BCUT2D eigenvalue weighted by Gasteiger charge is 2.34. The molecule has 0 bridgehead atoms. The van der Waals surface area contributed by atoms with Crippen molar-refractivity contribution in [2.24, 2.45) is 0 Å². The van der Waals surface area contributed by atoms with Crippen LogP contribution in [0.1, 0.15) is 18.4 Å². The van der Waals surface area contributed by atoms with Gasteiger partial charge in [0.2, 0.25) is 0 Å². The topological polar surface area (TPSA) is 75.6 Å². The molecule has 2 rings (SSSR count). The van der Waals surface area contributed by atoms with Crippen LogP contribution in [0, 0.1) is 6.92 Å². The molecular weight excluding hydrogens is 305 g/mol. The Labute approximate surface area is 125 Å². The summed E-state index contributed by atoms with van der Waals surface area (Å²) in [5.41, 5.74) is 1.19. The highest BCUT2D eigenvalue weighted by Crippen LogP contribution is 2.30. The van der Waals surface area contributed by atoms with Gasteiger partial charge in [-0.05, 0) is 37.5 Å². The van der Waals surface area contributed by atoms with E-state index in [-0.39, 0.29) is 0 Å². The first-order valence-electron chi connectivity index (χ1n) is 6.03. The van der Waals surface area contributed by atoms with Crippen LogP contribution < -0.4 is 5.32 Å². The molecule has 0 aliphatic carbocycles. The summed E-state index contributed by atoms with van der Waals surface area (Å²) in [5.74, 6) is -1.48. The number of hydrogen-bond donors (Lipinski definition) is 2. The van der Waals surface area contributed by atoms with Crippen molar-refractivity contribution in [3.05, 3.63) is 27.7 Å². The smallest absolute Gasteiger partial charge is 0.332 e. The number of carboxylic acid groups (broad SMARTS) is 1. The standard InChI is InChI=1S/C13H13Cl2NO4/c1-6-4-8(15)9(5-7(6)14)16-12(17)10-2-3-11(20-10)13(18)19/h4-5,10-11H,2-3H2,1H3,(H,16,17)(H,18,19). The minimum Gasteiger partial charge on any atom is -0.479 e. The average molecular weight is 318 g/mol. The van der Waals surface area contributed by atoms with Gasteiger partial charge in [-0.25, -0.2) is 4.79 Å². The minimum atomic E-state index is -1.06. The number of carbonyl (C=O) groups excluding carboxylic acids is 1. The van der Waals surface area contributed by atoms with Crippen LogP contribution in [-0.4, -0.2) is 29.2 Å². The number of aryl methyl sites for hydroxylation is 1. The summed E-state index contributed by atoms with van der Waals surface area (Å²) >= 11 is 12.0. The van der Waals surface area contributed by atoms with E-state index in [4.69, 9.17) is 33.0 Å². The maximum atomic E-state index is 12.0. The third-order valence-corrected chi connectivity index (χ3v) is 3.81. The SMILES string of the molecule is Cc1cc(Cl)c(NC(=O)C2CCC(C(=O)O)O2)cc1Cl. The summed E-state index contributed by atoms with van der Waals surface area (Å²) in [7, 11) is 0. The second-order valence-electron chi connectivity index (χ2n) is 4.60. The van der Waals surface area contributed by atoms with Crippen molar-refractivity contribution in [1.82, 2.24) is 0 Å². The molecule has 2 unspecified atom stereocenters. The van der Waals surface area contributed by atoms with Crippen molar-refractivity contribution in [2.75, 3.05) is 5.32 Å². The van der Waals surface area contributed by atoms with Crippen molar-refractivity contribution in [1.29, 1.82) is 0 Å². The second-order valence-corrected chi connectivity index (χ2v) is 5.41. The van der Waals surface area contributed by atoms with Gasteiger partial charge in [0.15, 0.2) is 6.10 Å². The molecule has 2 N–H and O–H groups in total. The van der Waals surface area contributed by atoms with E-state index < -0.39 is 24.1 Å². The van der Waals surface area contributed by atoms with Gasteiger partial charge in [-0.3, -0.25) is 4.79 Å². The molecule has 1 aromatic rings. The molecular formula is C13H13Cl2NO4. The summed E-state index contributed by atoms with van der Waals surface area (Å²) in [5, 5.41) is 12.3. The van der Waals surface area contributed by atoms with E-state index in [2.05, 4.69) is 5.32 Å². The molecule has 1 aromatic carbocycles. The summed E-state index contributed by atoms with van der Waals surface area (Å²) in [4.78, 5) is 22.8. The first-order chi connectivity index (χ1) is 9.38. The van der Waals surface area contributed by atoms with Crippen LogP contribution in [0.4, 0.5) is 5.69 Å². The first-order valence-corrected chi connectivity index (χ1v) is 6.79. The Balaban J connectivity index is 2.06. The highest BCUT2D eigenvalue weighted by atomic mass is 35.5. The van der Waals surface area contributed by atoms with E-state index in [0.717, 1.165) is 5.56 Å². The normalized spacial score (nSPS) is 21.8. The van der Waals surface area contributed by atoms with E-state index >= 15 is 0 Å². The van der Waals surface area contributed by atoms with Crippen molar-refractivity contribution in [2.45, 2.75) is 32.0 Å². The predicted octanol–water partition coefficient (Wildman–Crippen LogP) is 2.87. The number of nitrogens with one attached hydrogen (secondary N) is 1. The molecule has 1 saturated heterocycles. The Morgan fingerprint density at radius 1 is 1.25 bits per heavy atom. The van der Waals surface area contributed by atoms with Crippen LogP contribution >= 0.6 is 23.2 Å². The van der Waals surface area contributed by atoms with Gasteiger partial charge in [-0.2, -0.15) is 0 Å². The van der Waals surface area contributed by atoms with Crippen LogP contribution in [0.3, 0.4) is 0 Å². The number of ether oxygens (including phenoxy) is 1. The number of halogens is 2. The number of carboxylic acids is 1. The van der Waals surface area contributed by atoms with Gasteiger partial charge in [-0.1, -0.05) is 23.2 Å². The van der Waals surface area contributed by atoms with E-state index in [0.29, 0.717) is 28.6 Å². The maximum absolute atomic E-state index is 12.0. The van der Waals surface area contributed by atoms with E-state index in [1.165, 1.54) is 0 Å². The molecule has 7 heteroatoms. The quantitative estimate of drug-likeness (QED) is 0.898. The van der Waals surface area contributed by atoms with Gasteiger partial charge >= 0.3 is 5.97 Å². The molecule has 0 saturated carbocycles. The average Bonchev–Trinajstić information content (AvgIpc) is 2.85. The fourth-order valence-corrected chi connectivity index (χ4v) is 2.40. The molecule has 2 atom stereocenters. The zero-order valence-corrected chi connectivity index (χ0v) is 12.2. The zero-order valence-electron chi connectivity index (χ0n) is 10.7. The van der Waals surface area contributed by atoms with Crippen molar-refractivity contribution < 1.29 is 19.4 Å². The lowest BCUT2D eigenvalue weighted by Crippen LogP contribution is -2.30. The minimum absolute atomic E-state index is 0.315. The molecule has 1 amide bonds. The summed E-state index contributed by atoms with van der Waals surface area (Å²) in [6.45, 7) is 1.80. The second kappa shape index (κ2) is 5.99. The number of carbonyl (C=O) groups is 2. The lowest BCUT2D eigenvalue weighted by molar-refractivity contribution is -0.150. The number of anilines is 1. The van der Waals surface area contributed by atoms with Gasteiger partial charge in [0, 0.05) is 5.02 Å². The fraction of sp³-hybridized carbons (Fsp3) is 0.385. The van der Waals surface area contributed by atoms with Gasteiger partial charge in [0.25, 0.3) is 5.91 Å². The maximum Gasteiger partial charge on any atom is 0.332 e. The van der Waals surface area contributed by atoms with Gasteiger partial charge < -0.3 is 15.2 Å². The van der Waals surface area contributed by atoms with Crippen molar-refractivity contribution in [3.63, 3.8) is 0 Å². The summed E-state index contributed by atoms with van der Waals surface area (Å²) in [6, 6.07) is 3.20. The lowest BCUT2D eigenvalue weighted by atomic mass is 10.1. The number of aliphatic carboxylic acids is 1. The van der Waals surface area contributed by atoms with Crippen LogP contribution in [0.5, 0.6) is 0 Å². The third-order valence-electron chi connectivity index (χ3n) is 3.09. The molecule has 1 aliphatic heterocycles. The van der Waals surface area contributed by atoms with E-state index in [9.17, 15) is 9.59 Å². The molecule has 1 aliphatic rings. The Morgan fingerprint density at radius 2 is 1.90 bits per heavy atom. The summed E-state index contributed by atoms with van der Waals surface area (Å²) in [6.07, 6.45) is -1.04. The third kappa shape index (κ3) is 3.23. The molecule has 1 heterocycles.